The van der Waals surface area contributed by atoms with Crippen LogP contribution in [-0.2, 0) is 13.1 Å². The molecule has 2 aromatic carbocycles. The molecule has 6 nitrogen and oxygen atoms in total. The lowest BCUT2D eigenvalue weighted by atomic mass is 10.1. The second kappa shape index (κ2) is 9.64. The monoisotopic (exact) mass is 437 g/mol. The van der Waals surface area contributed by atoms with E-state index in [4.69, 9.17) is 11.6 Å². The molecular formula is C24H28ClN5O. The first-order valence-electron chi connectivity index (χ1n) is 10.6. The third-order valence-electron chi connectivity index (χ3n) is 5.79. The van der Waals surface area contributed by atoms with Crippen molar-refractivity contribution in [3.8, 4) is 5.69 Å². The third-order valence-corrected chi connectivity index (χ3v) is 6.02. The normalized spacial score (nSPS) is 15.2. The van der Waals surface area contributed by atoms with Gasteiger partial charge in [-0.2, -0.15) is 5.10 Å². The molecule has 7 heteroatoms. The van der Waals surface area contributed by atoms with Crippen LogP contribution >= 0.6 is 11.6 Å². The molecule has 1 N–H and O–H groups in total. The number of nitrogens with one attached hydrogen (secondary N) is 1. The Morgan fingerprint density at radius 2 is 1.77 bits per heavy atom. The summed E-state index contributed by atoms with van der Waals surface area (Å²) in [5, 5.41) is 8.00. The van der Waals surface area contributed by atoms with Crippen LogP contribution in [0.1, 0.15) is 27.2 Å². The number of halogens is 1. The van der Waals surface area contributed by atoms with Crippen molar-refractivity contribution in [2.45, 2.75) is 20.0 Å². The van der Waals surface area contributed by atoms with E-state index in [1.165, 1.54) is 5.56 Å². The second-order valence-electron chi connectivity index (χ2n) is 8.11. The molecule has 1 saturated heterocycles. The Labute approximate surface area is 188 Å². The van der Waals surface area contributed by atoms with Gasteiger partial charge < -0.3 is 10.2 Å². The van der Waals surface area contributed by atoms with E-state index in [1.807, 2.05) is 31.2 Å². The first-order chi connectivity index (χ1) is 15.0. The maximum Gasteiger partial charge on any atom is 0.255 e. The fraction of sp³-hybridized carbons (Fsp3) is 0.333. The lowest BCUT2D eigenvalue weighted by Gasteiger charge is -2.32. The predicted octanol–water partition coefficient (Wildman–Crippen LogP) is 3.51. The standard InChI is InChI=1S/C24H28ClN5O/c1-18-23(16-27-30(18)22-5-3-4-21(25)14-22)24(31)26-15-19-6-8-20(9-7-19)17-29-12-10-28(2)11-13-29/h3-9,14,16H,10-13,15,17H2,1-2H3,(H,26,31). The largest absolute Gasteiger partial charge is 0.348 e. The van der Waals surface area contributed by atoms with Gasteiger partial charge in [-0.15, -0.1) is 0 Å². The van der Waals surface area contributed by atoms with Gasteiger partial charge in [-0.05, 0) is 43.3 Å². The van der Waals surface area contributed by atoms with Gasteiger partial charge in [0.25, 0.3) is 5.91 Å². The molecule has 1 aliphatic rings. The van der Waals surface area contributed by atoms with E-state index in [0.717, 1.165) is 49.7 Å². The van der Waals surface area contributed by atoms with Gasteiger partial charge in [-0.3, -0.25) is 9.69 Å². The lowest BCUT2D eigenvalue weighted by Crippen LogP contribution is -2.43. The summed E-state index contributed by atoms with van der Waals surface area (Å²) in [5.41, 5.74) is 4.56. The fourth-order valence-electron chi connectivity index (χ4n) is 3.80. The maximum atomic E-state index is 12.7. The van der Waals surface area contributed by atoms with Gasteiger partial charge in [0, 0.05) is 44.3 Å². The molecule has 3 aromatic rings. The van der Waals surface area contributed by atoms with Gasteiger partial charge in [0.05, 0.1) is 23.1 Å². The molecule has 0 bridgehead atoms. The van der Waals surface area contributed by atoms with Gasteiger partial charge in [0.1, 0.15) is 0 Å². The zero-order chi connectivity index (χ0) is 21.8. The van der Waals surface area contributed by atoms with E-state index in [9.17, 15) is 4.79 Å². The van der Waals surface area contributed by atoms with Crippen molar-refractivity contribution in [2.24, 2.45) is 0 Å². The van der Waals surface area contributed by atoms with Crippen LogP contribution in [0.3, 0.4) is 0 Å². The van der Waals surface area contributed by atoms with Crippen LogP contribution < -0.4 is 5.32 Å². The summed E-state index contributed by atoms with van der Waals surface area (Å²) in [5.74, 6) is -0.132. The van der Waals surface area contributed by atoms with Gasteiger partial charge >= 0.3 is 0 Å². The molecule has 0 aliphatic carbocycles. The van der Waals surface area contributed by atoms with Crippen molar-refractivity contribution in [3.05, 3.63) is 82.1 Å². The molecule has 0 atom stereocenters. The van der Waals surface area contributed by atoms with Crippen LogP contribution in [0.15, 0.2) is 54.7 Å². The van der Waals surface area contributed by atoms with Gasteiger partial charge in [0.15, 0.2) is 0 Å². The highest BCUT2D eigenvalue weighted by Crippen LogP contribution is 2.18. The average Bonchev–Trinajstić information content (AvgIpc) is 3.16. The molecule has 0 spiro atoms. The molecule has 1 fully saturated rings. The zero-order valence-corrected chi connectivity index (χ0v) is 18.8. The van der Waals surface area contributed by atoms with Crippen molar-refractivity contribution in [1.82, 2.24) is 24.9 Å². The van der Waals surface area contributed by atoms with E-state index in [2.05, 4.69) is 51.5 Å². The Morgan fingerprint density at radius 1 is 1.06 bits per heavy atom. The number of rotatable bonds is 6. The highest BCUT2D eigenvalue weighted by molar-refractivity contribution is 6.30. The van der Waals surface area contributed by atoms with Crippen LogP contribution in [0.2, 0.25) is 5.02 Å². The maximum absolute atomic E-state index is 12.7. The van der Waals surface area contributed by atoms with E-state index in [0.29, 0.717) is 17.1 Å². The highest BCUT2D eigenvalue weighted by atomic mass is 35.5. The Morgan fingerprint density at radius 3 is 2.48 bits per heavy atom. The molecule has 2 heterocycles. The van der Waals surface area contributed by atoms with E-state index in [1.54, 1.807) is 10.9 Å². The Balaban J connectivity index is 1.34. The molecule has 162 valence electrons. The van der Waals surface area contributed by atoms with Gasteiger partial charge in [-0.1, -0.05) is 41.9 Å². The summed E-state index contributed by atoms with van der Waals surface area (Å²) in [6, 6.07) is 15.9. The van der Waals surface area contributed by atoms with Crippen LogP contribution in [0, 0.1) is 6.92 Å². The van der Waals surface area contributed by atoms with Crippen molar-refractivity contribution in [1.29, 1.82) is 0 Å². The molecule has 31 heavy (non-hydrogen) atoms. The number of carbonyl (C=O) groups is 1. The first-order valence-corrected chi connectivity index (χ1v) is 10.9. The van der Waals surface area contributed by atoms with Crippen molar-refractivity contribution < 1.29 is 4.79 Å². The number of hydrogen-bond acceptors (Lipinski definition) is 4. The Kier molecular flexibility index (Phi) is 6.70. The van der Waals surface area contributed by atoms with Gasteiger partial charge in [-0.25, -0.2) is 4.68 Å². The molecule has 0 radical (unpaired) electrons. The summed E-state index contributed by atoms with van der Waals surface area (Å²) in [6.45, 7) is 7.80. The summed E-state index contributed by atoms with van der Waals surface area (Å²) >= 11 is 6.08. The summed E-state index contributed by atoms with van der Waals surface area (Å²) in [6.07, 6.45) is 1.60. The minimum Gasteiger partial charge on any atom is -0.348 e. The molecule has 1 aliphatic heterocycles. The number of carbonyl (C=O) groups excluding carboxylic acids is 1. The fourth-order valence-corrected chi connectivity index (χ4v) is 3.99. The molecule has 0 unspecified atom stereocenters. The highest BCUT2D eigenvalue weighted by Gasteiger charge is 2.16. The smallest absolute Gasteiger partial charge is 0.255 e. The van der Waals surface area contributed by atoms with Crippen molar-refractivity contribution in [3.63, 3.8) is 0 Å². The first kappa shape index (κ1) is 21.6. The number of amides is 1. The number of likely N-dealkylation sites (N-methyl/N-ethyl adjacent to an activating group) is 1. The summed E-state index contributed by atoms with van der Waals surface area (Å²) in [4.78, 5) is 17.6. The minimum absolute atomic E-state index is 0.132. The minimum atomic E-state index is -0.132. The third kappa shape index (κ3) is 5.34. The summed E-state index contributed by atoms with van der Waals surface area (Å²) in [7, 11) is 2.17. The van der Waals surface area contributed by atoms with Crippen molar-refractivity contribution >= 4 is 17.5 Å². The molecular weight excluding hydrogens is 410 g/mol. The lowest BCUT2D eigenvalue weighted by molar-refractivity contribution is 0.0950. The molecule has 1 amide bonds. The quantitative estimate of drug-likeness (QED) is 0.641. The van der Waals surface area contributed by atoms with Crippen LogP contribution in [0.25, 0.3) is 5.69 Å². The summed E-state index contributed by atoms with van der Waals surface area (Å²) < 4.78 is 1.73. The van der Waals surface area contributed by atoms with Gasteiger partial charge in [0.2, 0.25) is 0 Å². The molecule has 4 rings (SSSR count). The number of hydrogen-bond donors (Lipinski definition) is 1. The number of benzene rings is 2. The SMILES string of the molecule is Cc1c(C(=O)NCc2ccc(CN3CCN(C)CC3)cc2)cnn1-c1cccc(Cl)c1. The number of aromatic nitrogens is 2. The van der Waals surface area contributed by atoms with E-state index in [-0.39, 0.29) is 5.91 Å². The number of nitrogens with zero attached hydrogens (tertiary/aromatic N) is 4. The van der Waals surface area contributed by atoms with Crippen LogP contribution in [-0.4, -0.2) is 58.7 Å². The van der Waals surface area contributed by atoms with E-state index < -0.39 is 0 Å². The number of piperazine rings is 1. The second-order valence-corrected chi connectivity index (χ2v) is 8.55. The van der Waals surface area contributed by atoms with E-state index >= 15 is 0 Å². The van der Waals surface area contributed by atoms with Crippen molar-refractivity contribution in [2.75, 3.05) is 33.2 Å². The Hall–Kier alpha value is -2.67. The van der Waals surface area contributed by atoms with Crippen LogP contribution in [0.4, 0.5) is 0 Å². The average molecular weight is 438 g/mol. The predicted molar refractivity (Wildman–Crippen MR) is 124 cm³/mol. The van der Waals surface area contributed by atoms with Crippen LogP contribution in [0.5, 0.6) is 0 Å². The topological polar surface area (TPSA) is 53.4 Å². The zero-order valence-electron chi connectivity index (χ0n) is 18.0. The Bertz CT molecular complexity index is 1040. The molecule has 1 aromatic heterocycles. The molecule has 0 saturated carbocycles.